The zero-order chi connectivity index (χ0) is 18.2. The summed E-state index contributed by atoms with van der Waals surface area (Å²) in [5.74, 6) is 0.521. The van der Waals surface area contributed by atoms with Gasteiger partial charge in [-0.3, -0.25) is 4.40 Å². The predicted molar refractivity (Wildman–Crippen MR) is 81.7 cm³/mol. The van der Waals surface area contributed by atoms with E-state index in [4.69, 9.17) is 0 Å². The molecule has 0 aromatic carbocycles. The average molecular weight is 357 g/mol. The first kappa shape index (κ1) is 17.5. The summed E-state index contributed by atoms with van der Waals surface area (Å²) in [6.07, 6.45) is -4.00. The number of hydrogen-bond acceptors (Lipinski definition) is 4. The zero-order valence-electron chi connectivity index (χ0n) is 13.5. The van der Waals surface area contributed by atoms with Gasteiger partial charge in [-0.2, -0.15) is 13.2 Å². The van der Waals surface area contributed by atoms with Crippen LogP contribution in [-0.2, 0) is 0 Å². The second kappa shape index (κ2) is 6.17. The summed E-state index contributed by atoms with van der Waals surface area (Å²) in [6.45, 7) is 1.38. The number of nitrogens with zero attached hydrogens (tertiary/aromatic N) is 4. The van der Waals surface area contributed by atoms with Crippen molar-refractivity contribution in [2.24, 2.45) is 0 Å². The first-order chi connectivity index (χ1) is 11.7. The molecule has 2 aromatic heterocycles. The van der Waals surface area contributed by atoms with Crippen LogP contribution in [0.5, 0.6) is 0 Å². The fraction of sp³-hybridized carbons (Fsp3) is 0.533. The van der Waals surface area contributed by atoms with Crippen LogP contribution in [0.4, 0.5) is 18.0 Å². The second-order valence-corrected chi connectivity index (χ2v) is 6.17. The Kier molecular flexibility index (Phi) is 4.31. The minimum atomic E-state index is -4.69. The monoisotopic (exact) mass is 357 g/mol. The molecule has 0 saturated carbocycles. The minimum Gasteiger partial charge on any atom is -0.380 e. The molecule has 0 radical (unpaired) electrons. The molecule has 3 heterocycles. The van der Waals surface area contributed by atoms with E-state index in [-0.39, 0.29) is 13.1 Å². The lowest BCUT2D eigenvalue weighted by atomic mass is 9.91. The lowest BCUT2D eigenvalue weighted by molar-refractivity contribution is -0.271. The van der Waals surface area contributed by atoms with E-state index < -0.39 is 36.7 Å². The van der Waals surface area contributed by atoms with Gasteiger partial charge in [0.05, 0.1) is 6.04 Å². The van der Waals surface area contributed by atoms with Crippen LogP contribution in [0, 0.1) is 0 Å². The molecular formula is C15H18F3N5O2. The largest absolute Gasteiger partial charge is 0.417 e. The van der Waals surface area contributed by atoms with Gasteiger partial charge in [0, 0.05) is 32.1 Å². The fourth-order valence-corrected chi connectivity index (χ4v) is 2.86. The number of pyridine rings is 1. The van der Waals surface area contributed by atoms with Gasteiger partial charge in [0.25, 0.3) is 0 Å². The molecule has 1 fully saturated rings. The van der Waals surface area contributed by atoms with Crippen LogP contribution in [0.15, 0.2) is 24.4 Å². The molecule has 2 aromatic rings. The van der Waals surface area contributed by atoms with Crippen molar-refractivity contribution in [1.82, 2.24) is 24.8 Å². The number of urea groups is 1. The lowest BCUT2D eigenvalue weighted by Crippen LogP contribution is -2.56. The molecule has 136 valence electrons. The van der Waals surface area contributed by atoms with Crippen molar-refractivity contribution >= 4 is 11.7 Å². The third-order valence-electron chi connectivity index (χ3n) is 4.47. The number of aliphatic hydroxyl groups is 1. The number of amides is 2. The van der Waals surface area contributed by atoms with Crippen LogP contribution in [0.2, 0.25) is 0 Å². The quantitative estimate of drug-likeness (QED) is 0.860. The molecule has 25 heavy (non-hydrogen) atoms. The molecule has 3 rings (SSSR count). The third-order valence-corrected chi connectivity index (χ3v) is 4.47. The number of aromatic nitrogens is 3. The van der Waals surface area contributed by atoms with E-state index in [1.807, 2.05) is 6.07 Å². The van der Waals surface area contributed by atoms with Crippen molar-refractivity contribution in [3.05, 3.63) is 30.2 Å². The van der Waals surface area contributed by atoms with E-state index in [1.165, 1.54) is 4.90 Å². The molecule has 1 aliphatic heterocycles. The molecule has 2 N–H and O–H groups in total. The topological polar surface area (TPSA) is 82.8 Å². The zero-order valence-corrected chi connectivity index (χ0v) is 13.5. The molecule has 7 nitrogen and oxygen atoms in total. The Bertz CT molecular complexity index is 768. The number of hydrogen-bond donors (Lipinski definition) is 2. The van der Waals surface area contributed by atoms with Gasteiger partial charge in [-0.25, -0.2) is 4.79 Å². The maximum Gasteiger partial charge on any atom is 0.417 e. The first-order valence-corrected chi connectivity index (χ1v) is 7.85. The van der Waals surface area contributed by atoms with Gasteiger partial charge in [0.1, 0.15) is 0 Å². The number of carbonyl (C=O) groups excluding carboxylic acids is 1. The van der Waals surface area contributed by atoms with Gasteiger partial charge >= 0.3 is 12.2 Å². The standard InChI is InChI=1S/C15H18F3N5O2/c1-10(12-21-20-11-4-2-3-7-23(11)12)19-13(24)22-8-5-14(25,6-9-22)15(16,17)18/h2-4,7,10,25H,5-6,8-9H2,1H3,(H,19,24). The number of alkyl halides is 3. The summed E-state index contributed by atoms with van der Waals surface area (Å²) in [4.78, 5) is 13.6. The van der Waals surface area contributed by atoms with Gasteiger partial charge in [-0.1, -0.05) is 6.07 Å². The normalized spacial score (nSPS) is 19.0. The molecule has 1 aliphatic rings. The molecule has 10 heteroatoms. The number of nitrogens with one attached hydrogen (secondary N) is 1. The maximum atomic E-state index is 12.8. The van der Waals surface area contributed by atoms with Crippen LogP contribution in [0.3, 0.4) is 0 Å². The second-order valence-electron chi connectivity index (χ2n) is 6.17. The van der Waals surface area contributed by atoms with E-state index in [1.54, 1.807) is 29.7 Å². The van der Waals surface area contributed by atoms with Crippen LogP contribution < -0.4 is 5.32 Å². The number of likely N-dealkylation sites (tertiary alicyclic amines) is 1. The van der Waals surface area contributed by atoms with Gasteiger partial charge in [-0.15, -0.1) is 10.2 Å². The van der Waals surface area contributed by atoms with Crippen molar-refractivity contribution in [3.8, 4) is 0 Å². The lowest BCUT2D eigenvalue weighted by Gasteiger charge is -2.39. The fourth-order valence-electron chi connectivity index (χ4n) is 2.86. The van der Waals surface area contributed by atoms with Crippen molar-refractivity contribution < 1.29 is 23.1 Å². The van der Waals surface area contributed by atoms with Gasteiger partial charge in [0.15, 0.2) is 17.1 Å². The van der Waals surface area contributed by atoms with Crippen LogP contribution >= 0.6 is 0 Å². The summed E-state index contributed by atoms with van der Waals surface area (Å²) in [7, 11) is 0. The molecule has 1 saturated heterocycles. The molecular weight excluding hydrogens is 339 g/mol. The maximum absolute atomic E-state index is 12.8. The highest BCUT2D eigenvalue weighted by Crippen LogP contribution is 2.38. The van der Waals surface area contributed by atoms with Gasteiger partial charge in [-0.05, 0) is 19.1 Å². The van der Waals surface area contributed by atoms with E-state index in [0.717, 1.165) is 0 Å². The summed E-state index contributed by atoms with van der Waals surface area (Å²) < 4.78 is 40.2. The Morgan fingerprint density at radius 1 is 1.32 bits per heavy atom. The van der Waals surface area contributed by atoms with Crippen molar-refractivity contribution in [1.29, 1.82) is 0 Å². The SMILES string of the molecule is CC(NC(=O)N1CCC(O)(C(F)(F)F)CC1)c1nnc2ccccn12. The Morgan fingerprint density at radius 2 is 2.00 bits per heavy atom. The molecule has 1 unspecified atom stereocenters. The number of carbonyl (C=O) groups is 1. The first-order valence-electron chi connectivity index (χ1n) is 7.85. The molecule has 0 bridgehead atoms. The molecule has 0 aliphatic carbocycles. The van der Waals surface area contributed by atoms with E-state index in [0.29, 0.717) is 11.5 Å². The Hall–Kier alpha value is -2.36. The van der Waals surface area contributed by atoms with Crippen molar-refractivity contribution in [2.75, 3.05) is 13.1 Å². The van der Waals surface area contributed by atoms with Crippen molar-refractivity contribution in [3.63, 3.8) is 0 Å². The molecule has 2 amide bonds. The Balaban J connectivity index is 1.63. The van der Waals surface area contributed by atoms with Crippen LogP contribution in [-0.4, -0.2) is 55.5 Å². The summed E-state index contributed by atoms with van der Waals surface area (Å²) in [5.41, 5.74) is -2.09. The Morgan fingerprint density at radius 3 is 2.64 bits per heavy atom. The summed E-state index contributed by atoms with van der Waals surface area (Å²) >= 11 is 0. The summed E-state index contributed by atoms with van der Waals surface area (Å²) in [6, 6.07) is 4.41. The van der Waals surface area contributed by atoms with E-state index in [9.17, 15) is 23.1 Å². The number of rotatable bonds is 2. The van der Waals surface area contributed by atoms with Gasteiger partial charge < -0.3 is 15.3 Å². The Labute approximate surface area is 141 Å². The smallest absolute Gasteiger partial charge is 0.380 e. The minimum absolute atomic E-state index is 0.171. The van der Waals surface area contributed by atoms with Crippen molar-refractivity contribution in [2.45, 2.75) is 37.6 Å². The van der Waals surface area contributed by atoms with Crippen LogP contribution in [0.1, 0.15) is 31.6 Å². The van der Waals surface area contributed by atoms with E-state index >= 15 is 0 Å². The highest BCUT2D eigenvalue weighted by Gasteiger charge is 2.54. The number of piperidine rings is 1. The van der Waals surface area contributed by atoms with E-state index in [2.05, 4.69) is 15.5 Å². The third kappa shape index (κ3) is 3.26. The number of fused-ring (bicyclic) bond motifs is 1. The highest BCUT2D eigenvalue weighted by molar-refractivity contribution is 5.74. The molecule has 1 atom stereocenters. The number of halogens is 3. The highest BCUT2D eigenvalue weighted by atomic mass is 19.4. The molecule has 0 spiro atoms. The predicted octanol–water partition coefficient (Wildman–Crippen LogP) is 1.89. The van der Waals surface area contributed by atoms with Gasteiger partial charge in [0.2, 0.25) is 0 Å². The summed E-state index contributed by atoms with van der Waals surface area (Å²) in [5, 5.41) is 20.4. The average Bonchev–Trinajstić information content (AvgIpc) is 2.98. The van der Waals surface area contributed by atoms with Crippen LogP contribution in [0.25, 0.3) is 5.65 Å².